The van der Waals surface area contributed by atoms with Crippen LogP contribution < -0.4 is 5.14 Å². The SMILES string of the molecule is C=CS(N)(=O)=O.F. The van der Waals surface area contributed by atoms with Gasteiger partial charge in [-0.3, -0.25) is 4.70 Å². The summed E-state index contributed by atoms with van der Waals surface area (Å²) in [6.07, 6.45) is 0. The van der Waals surface area contributed by atoms with Gasteiger partial charge in [0, 0.05) is 5.41 Å². The molecule has 0 fully saturated rings. The van der Waals surface area contributed by atoms with E-state index in [1.54, 1.807) is 0 Å². The van der Waals surface area contributed by atoms with Gasteiger partial charge in [0.25, 0.3) is 0 Å². The number of rotatable bonds is 1. The van der Waals surface area contributed by atoms with Crippen LogP contribution in [0.15, 0.2) is 12.0 Å². The van der Waals surface area contributed by atoms with Crippen LogP contribution in [0.2, 0.25) is 0 Å². The number of nitrogens with two attached hydrogens (primary N) is 1. The molecule has 2 N–H and O–H groups in total. The van der Waals surface area contributed by atoms with Crippen molar-refractivity contribution in [3.8, 4) is 0 Å². The van der Waals surface area contributed by atoms with Gasteiger partial charge in [0.1, 0.15) is 0 Å². The van der Waals surface area contributed by atoms with Crippen LogP contribution in [-0.4, -0.2) is 8.42 Å². The van der Waals surface area contributed by atoms with Gasteiger partial charge in [0.15, 0.2) is 0 Å². The lowest BCUT2D eigenvalue weighted by atomic mass is 11.3. The number of hydrogen-bond donors (Lipinski definition) is 1. The molecule has 0 amide bonds. The number of halogens is 1. The molecule has 44 valence electrons. The largest absolute Gasteiger partial charge is 0.269 e. The molecular formula is C2H6FNO2S. The second kappa shape index (κ2) is 2.70. The van der Waals surface area contributed by atoms with E-state index in [2.05, 4.69) is 11.7 Å². The molecule has 7 heavy (non-hydrogen) atoms. The lowest BCUT2D eigenvalue weighted by Crippen LogP contribution is -2.05. The Morgan fingerprint density at radius 1 is 1.57 bits per heavy atom. The molecule has 5 heteroatoms. The summed E-state index contributed by atoms with van der Waals surface area (Å²) in [5.41, 5.74) is 0. The highest BCUT2D eigenvalue weighted by Gasteiger charge is 1.85. The molecule has 0 aliphatic heterocycles. The first-order chi connectivity index (χ1) is 2.56. The molecule has 0 saturated carbocycles. The summed E-state index contributed by atoms with van der Waals surface area (Å²) in [6.45, 7) is 2.92. The molecule has 0 unspecified atom stereocenters. The average molecular weight is 127 g/mol. The molecule has 0 spiro atoms. The van der Waals surface area contributed by atoms with Gasteiger partial charge in [-0.2, -0.15) is 0 Å². The fourth-order valence-electron chi connectivity index (χ4n) is 0. The van der Waals surface area contributed by atoms with E-state index in [0.29, 0.717) is 5.41 Å². The van der Waals surface area contributed by atoms with Crippen LogP contribution in [0, 0.1) is 0 Å². The molecule has 0 aromatic heterocycles. The summed E-state index contributed by atoms with van der Waals surface area (Å²) in [5, 5.41) is 5.08. The molecular weight excluding hydrogens is 121 g/mol. The highest BCUT2D eigenvalue weighted by molar-refractivity contribution is 7.92. The Hall–Kier alpha value is -0.420. The monoisotopic (exact) mass is 127 g/mol. The summed E-state index contributed by atoms with van der Waals surface area (Å²) in [7, 11) is -3.40. The summed E-state index contributed by atoms with van der Waals surface area (Å²) >= 11 is 0. The highest BCUT2D eigenvalue weighted by atomic mass is 32.2. The first-order valence-corrected chi connectivity index (χ1v) is 2.82. The Balaban J connectivity index is 0. The van der Waals surface area contributed by atoms with Crippen LogP contribution in [0.3, 0.4) is 0 Å². The van der Waals surface area contributed by atoms with Crippen molar-refractivity contribution >= 4 is 10.0 Å². The van der Waals surface area contributed by atoms with E-state index in [9.17, 15) is 8.42 Å². The Kier molecular flexibility index (Phi) is 3.77. The molecule has 0 saturated heterocycles. The number of primary sulfonamides is 1. The van der Waals surface area contributed by atoms with E-state index in [1.165, 1.54) is 0 Å². The van der Waals surface area contributed by atoms with Crippen LogP contribution in [-0.2, 0) is 10.0 Å². The summed E-state index contributed by atoms with van der Waals surface area (Å²) in [4.78, 5) is 0. The van der Waals surface area contributed by atoms with Crippen LogP contribution in [0.5, 0.6) is 0 Å². The van der Waals surface area contributed by atoms with E-state index in [-0.39, 0.29) is 4.70 Å². The predicted molar refractivity (Wildman–Crippen MR) is 25.8 cm³/mol. The van der Waals surface area contributed by atoms with Gasteiger partial charge in [-0.05, 0) is 0 Å². The van der Waals surface area contributed by atoms with Crippen molar-refractivity contribution in [1.29, 1.82) is 0 Å². The van der Waals surface area contributed by atoms with Crippen molar-refractivity contribution in [2.75, 3.05) is 0 Å². The number of sulfonamides is 1. The third kappa shape index (κ3) is 10.7. The van der Waals surface area contributed by atoms with Crippen LogP contribution in [0.25, 0.3) is 0 Å². The van der Waals surface area contributed by atoms with Crippen LogP contribution >= 0.6 is 0 Å². The molecule has 0 rings (SSSR count). The quantitative estimate of drug-likeness (QED) is 0.519. The maximum absolute atomic E-state index is 9.66. The zero-order valence-corrected chi connectivity index (χ0v) is 4.31. The second-order valence-corrected chi connectivity index (χ2v) is 2.27. The molecule has 0 aromatic rings. The van der Waals surface area contributed by atoms with Gasteiger partial charge in [-0.25, -0.2) is 13.6 Å². The molecule has 0 radical (unpaired) electrons. The molecule has 0 aliphatic rings. The minimum atomic E-state index is -3.40. The van der Waals surface area contributed by atoms with Gasteiger partial charge >= 0.3 is 0 Å². The lowest BCUT2D eigenvalue weighted by Gasteiger charge is -1.75. The second-order valence-electron chi connectivity index (χ2n) is 0.756. The molecule has 0 bridgehead atoms. The fraction of sp³-hybridized carbons (Fsp3) is 0. The van der Waals surface area contributed by atoms with Gasteiger partial charge in [-0.1, -0.05) is 6.58 Å². The fourth-order valence-corrected chi connectivity index (χ4v) is 0. The van der Waals surface area contributed by atoms with Gasteiger partial charge in [0.2, 0.25) is 10.0 Å². The summed E-state index contributed by atoms with van der Waals surface area (Å²) in [6, 6.07) is 0. The third-order valence-electron chi connectivity index (χ3n) is 0.232. The van der Waals surface area contributed by atoms with Gasteiger partial charge < -0.3 is 0 Å². The van der Waals surface area contributed by atoms with E-state index in [0.717, 1.165) is 0 Å². The normalized spacial score (nSPS) is 9.29. The van der Waals surface area contributed by atoms with E-state index < -0.39 is 10.0 Å². The van der Waals surface area contributed by atoms with Crippen molar-refractivity contribution < 1.29 is 13.1 Å². The zero-order chi connectivity index (χ0) is 5.21. The maximum Gasteiger partial charge on any atom is 0.230 e. The van der Waals surface area contributed by atoms with E-state index in [1.807, 2.05) is 0 Å². The van der Waals surface area contributed by atoms with Crippen molar-refractivity contribution in [3.05, 3.63) is 12.0 Å². The van der Waals surface area contributed by atoms with Gasteiger partial charge in [0.05, 0.1) is 0 Å². The first-order valence-electron chi connectivity index (χ1n) is 1.21. The summed E-state index contributed by atoms with van der Waals surface area (Å²) < 4.78 is 19.3. The molecule has 3 nitrogen and oxygen atoms in total. The Bertz CT molecular complexity index is 126. The topological polar surface area (TPSA) is 60.2 Å². The highest BCUT2D eigenvalue weighted by Crippen LogP contribution is 1.69. The molecule has 0 atom stereocenters. The van der Waals surface area contributed by atoms with Crippen LogP contribution in [0.4, 0.5) is 4.70 Å². The maximum atomic E-state index is 9.66. The van der Waals surface area contributed by atoms with Gasteiger partial charge in [-0.15, -0.1) is 0 Å². The average Bonchev–Trinajstić information content (AvgIpc) is 1.35. The Morgan fingerprint density at radius 3 is 1.71 bits per heavy atom. The standard InChI is InChI=1S/C2H5NO2S.FH/c1-2-6(3,4)5;/h2H,1H2,(H2,3,4,5);1H. The van der Waals surface area contributed by atoms with Crippen molar-refractivity contribution in [2.24, 2.45) is 5.14 Å². The van der Waals surface area contributed by atoms with Crippen LogP contribution in [0.1, 0.15) is 0 Å². The molecule has 0 aliphatic carbocycles. The smallest absolute Gasteiger partial charge is 0.230 e. The number of hydrogen-bond acceptors (Lipinski definition) is 2. The van der Waals surface area contributed by atoms with Crippen molar-refractivity contribution in [2.45, 2.75) is 0 Å². The minimum absolute atomic E-state index is 0. The lowest BCUT2D eigenvalue weighted by molar-refractivity contribution is 0.606. The third-order valence-corrected chi connectivity index (χ3v) is 0.697. The predicted octanol–water partition coefficient (Wildman–Crippen LogP) is -0.429. The summed E-state index contributed by atoms with van der Waals surface area (Å²) in [5.74, 6) is 0. The zero-order valence-electron chi connectivity index (χ0n) is 3.49. The first kappa shape index (κ1) is 9.77. The Labute approximate surface area is 41.2 Å². The minimum Gasteiger partial charge on any atom is -0.269 e. The molecule has 0 aromatic carbocycles. The van der Waals surface area contributed by atoms with Crippen molar-refractivity contribution in [1.82, 2.24) is 0 Å². The molecule has 0 heterocycles. The van der Waals surface area contributed by atoms with E-state index in [4.69, 9.17) is 0 Å². The Morgan fingerprint density at radius 2 is 1.71 bits per heavy atom. The van der Waals surface area contributed by atoms with E-state index >= 15 is 0 Å². The van der Waals surface area contributed by atoms with Crippen molar-refractivity contribution in [3.63, 3.8) is 0 Å².